The predicted molar refractivity (Wildman–Crippen MR) is 68.8 cm³/mol. The zero-order chi connectivity index (χ0) is 13.8. The molecular weight excluding hydrogens is 252 g/mol. The van der Waals surface area contributed by atoms with E-state index in [1.165, 1.54) is 19.1 Å². The van der Waals surface area contributed by atoms with Gasteiger partial charge >= 0.3 is 5.97 Å². The fraction of sp³-hybridized carbons (Fsp3) is 0.308. The Labute approximate surface area is 107 Å². The predicted octanol–water partition coefficient (Wildman–Crippen LogP) is 2.24. The average Bonchev–Trinajstić information content (AvgIpc) is 2.29. The number of rotatable bonds is 4. The highest BCUT2D eigenvalue weighted by atomic mass is 32.2. The van der Waals surface area contributed by atoms with Gasteiger partial charge in [-0.3, -0.25) is 0 Å². The lowest BCUT2D eigenvalue weighted by Gasteiger charge is -2.03. The Morgan fingerprint density at radius 3 is 2.33 bits per heavy atom. The van der Waals surface area contributed by atoms with Gasteiger partial charge < -0.3 is 4.74 Å². The van der Waals surface area contributed by atoms with Crippen molar-refractivity contribution in [1.82, 2.24) is 0 Å². The molecule has 0 aliphatic rings. The van der Waals surface area contributed by atoms with Crippen LogP contribution in [0.3, 0.4) is 0 Å². The highest BCUT2D eigenvalue weighted by molar-refractivity contribution is 7.94. The number of carbonyl (C=O) groups is 1. The molecule has 18 heavy (non-hydrogen) atoms. The molecule has 0 fully saturated rings. The van der Waals surface area contributed by atoms with Crippen molar-refractivity contribution in [2.45, 2.75) is 25.7 Å². The minimum atomic E-state index is -3.60. The fourth-order valence-corrected chi connectivity index (χ4v) is 2.53. The van der Waals surface area contributed by atoms with Gasteiger partial charge in [0.1, 0.15) is 0 Å². The zero-order valence-corrected chi connectivity index (χ0v) is 11.5. The largest absolute Gasteiger partial charge is 0.463 e. The van der Waals surface area contributed by atoms with E-state index in [1.807, 2.05) is 6.92 Å². The zero-order valence-electron chi connectivity index (χ0n) is 10.6. The molecule has 4 nitrogen and oxygen atoms in total. The van der Waals surface area contributed by atoms with Crippen LogP contribution in [0.25, 0.3) is 0 Å². The Balaban J connectivity index is 3.04. The average molecular weight is 268 g/mol. The van der Waals surface area contributed by atoms with Crippen LogP contribution in [-0.2, 0) is 19.4 Å². The van der Waals surface area contributed by atoms with Crippen LogP contribution in [0.5, 0.6) is 0 Å². The van der Waals surface area contributed by atoms with Gasteiger partial charge in [-0.2, -0.15) is 0 Å². The minimum Gasteiger partial charge on any atom is -0.463 e. The molecule has 0 N–H and O–H groups in total. The second kappa shape index (κ2) is 5.82. The third kappa shape index (κ3) is 3.70. The molecule has 0 bridgehead atoms. The second-order valence-electron chi connectivity index (χ2n) is 3.88. The number of hydrogen-bond donors (Lipinski definition) is 0. The van der Waals surface area contributed by atoms with Gasteiger partial charge in [-0.1, -0.05) is 17.7 Å². The number of benzene rings is 1. The van der Waals surface area contributed by atoms with E-state index in [4.69, 9.17) is 4.74 Å². The number of ether oxygens (including phenoxy) is 1. The van der Waals surface area contributed by atoms with Gasteiger partial charge in [-0.15, -0.1) is 0 Å². The molecule has 0 saturated heterocycles. The van der Waals surface area contributed by atoms with Crippen molar-refractivity contribution in [3.63, 3.8) is 0 Å². The van der Waals surface area contributed by atoms with Crippen LogP contribution in [-0.4, -0.2) is 21.0 Å². The monoisotopic (exact) mass is 268 g/mol. The lowest BCUT2D eigenvalue weighted by atomic mass is 10.2. The Bertz CT molecular complexity index is 553. The van der Waals surface area contributed by atoms with E-state index in [0.717, 1.165) is 11.0 Å². The van der Waals surface area contributed by atoms with Crippen molar-refractivity contribution in [2.24, 2.45) is 0 Å². The Kier molecular flexibility index (Phi) is 4.67. The first-order valence-electron chi connectivity index (χ1n) is 5.54. The number of esters is 1. The smallest absolute Gasteiger partial charge is 0.334 e. The Morgan fingerprint density at radius 2 is 1.83 bits per heavy atom. The van der Waals surface area contributed by atoms with Crippen LogP contribution in [0.4, 0.5) is 0 Å². The molecule has 0 unspecified atom stereocenters. The number of carbonyl (C=O) groups excluding carboxylic acids is 1. The molecule has 0 aliphatic carbocycles. The summed E-state index contributed by atoms with van der Waals surface area (Å²) in [7, 11) is -3.60. The summed E-state index contributed by atoms with van der Waals surface area (Å²) in [5.74, 6) is -0.617. The molecule has 0 radical (unpaired) electrons. The lowest BCUT2D eigenvalue weighted by Crippen LogP contribution is -2.07. The second-order valence-corrected chi connectivity index (χ2v) is 5.68. The summed E-state index contributed by atoms with van der Waals surface area (Å²) >= 11 is 0. The van der Waals surface area contributed by atoms with Crippen LogP contribution in [0.2, 0.25) is 0 Å². The number of hydrogen-bond acceptors (Lipinski definition) is 4. The molecule has 0 spiro atoms. The van der Waals surface area contributed by atoms with E-state index in [0.29, 0.717) is 0 Å². The molecule has 0 saturated carbocycles. The van der Waals surface area contributed by atoms with Crippen LogP contribution in [0, 0.1) is 6.92 Å². The quantitative estimate of drug-likeness (QED) is 0.620. The first-order chi connectivity index (χ1) is 8.36. The maximum Gasteiger partial charge on any atom is 0.334 e. The number of sulfone groups is 1. The van der Waals surface area contributed by atoms with E-state index < -0.39 is 15.8 Å². The Morgan fingerprint density at radius 1 is 1.28 bits per heavy atom. The first-order valence-corrected chi connectivity index (χ1v) is 7.08. The highest BCUT2D eigenvalue weighted by Gasteiger charge is 2.14. The van der Waals surface area contributed by atoms with Gasteiger partial charge in [-0.05, 0) is 32.9 Å². The molecule has 0 aliphatic heterocycles. The van der Waals surface area contributed by atoms with Crippen LogP contribution < -0.4 is 0 Å². The van der Waals surface area contributed by atoms with Gasteiger partial charge in [0.05, 0.1) is 11.5 Å². The van der Waals surface area contributed by atoms with Gasteiger partial charge in [-0.25, -0.2) is 13.2 Å². The van der Waals surface area contributed by atoms with Gasteiger partial charge in [0.2, 0.25) is 0 Å². The van der Waals surface area contributed by atoms with Crippen LogP contribution in [0.1, 0.15) is 19.4 Å². The molecule has 1 aromatic rings. The molecule has 0 aromatic heterocycles. The third-order valence-corrected chi connectivity index (χ3v) is 3.87. The van der Waals surface area contributed by atoms with E-state index >= 15 is 0 Å². The molecule has 5 heteroatoms. The standard InChI is InChI=1S/C13H16O4S/c1-4-17-13(14)11(3)9-18(15,16)12-7-5-10(2)6-8-12/h5-9H,4H2,1-3H3. The molecule has 0 amide bonds. The van der Waals surface area contributed by atoms with E-state index in [-0.39, 0.29) is 17.1 Å². The summed E-state index contributed by atoms with van der Waals surface area (Å²) < 4.78 is 28.7. The molecular formula is C13H16O4S. The van der Waals surface area contributed by atoms with Crippen molar-refractivity contribution in [3.05, 3.63) is 40.8 Å². The van der Waals surface area contributed by atoms with Gasteiger partial charge in [0.25, 0.3) is 0 Å². The van der Waals surface area contributed by atoms with Gasteiger partial charge in [0, 0.05) is 11.0 Å². The molecule has 0 atom stereocenters. The van der Waals surface area contributed by atoms with E-state index in [9.17, 15) is 13.2 Å². The van der Waals surface area contributed by atoms with E-state index in [1.54, 1.807) is 19.1 Å². The van der Waals surface area contributed by atoms with Crippen molar-refractivity contribution in [2.75, 3.05) is 6.61 Å². The fourth-order valence-electron chi connectivity index (χ4n) is 1.32. The maximum absolute atomic E-state index is 12.0. The topological polar surface area (TPSA) is 60.4 Å². The molecule has 1 rings (SSSR count). The summed E-state index contributed by atoms with van der Waals surface area (Å²) in [6.07, 6.45) is 0. The summed E-state index contributed by atoms with van der Waals surface area (Å²) in [6, 6.07) is 6.44. The summed E-state index contributed by atoms with van der Waals surface area (Å²) in [6.45, 7) is 5.17. The molecule has 98 valence electrons. The van der Waals surface area contributed by atoms with Crippen molar-refractivity contribution >= 4 is 15.8 Å². The Hall–Kier alpha value is -1.62. The lowest BCUT2D eigenvalue weighted by molar-refractivity contribution is -0.138. The van der Waals surface area contributed by atoms with Crippen molar-refractivity contribution in [3.8, 4) is 0 Å². The number of aryl methyl sites for hydroxylation is 1. The first kappa shape index (κ1) is 14.4. The summed E-state index contributed by atoms with van der Waals surface area (Å²) in [5.41, 5.74) is 1.04. The third-order valence-electron chi connectivity index (χ3n) is 2.28. The van der Waals surface area contributed by atoms with Crippen LogP contribution >= 0.6 is 0 Å². The molecule has 1 aromatic carbocycles. The minimum absolute atomic E-state index is 0.0671. The molecule has 0 heterocycles. The highest BCUT2D eigenvalue weighted by Crippen LogP contribution is 2.15. The SMILES string of the molecule is CCOC(=O)C(C)=CS(=O)(=O)c1ccc(C)cc1. The van der Waals surface area contributed by atoms with Crippen molar-refractivity contribution < 1.29 is 17.9 Å². The van der Waals surface area contributed by atoms with Crippen molar-refractivity contribution in [1.29, 1.82) is 0 Å². The maximum atomic E-state index is 12.0. The normalized spacial score (nSPS) is 12.3. The summed E-state index contributed by atoms with van der Waals surface area (Å²) in [5, 5.41) is 0.940. The summed E-state index contributed by atoms with van der Waals surface area (Å²) in [4.78, 5) is 11.5. The van der Waals surface area contributed by atoms with Crippen LogP contribution in [0.15, 0.2) is 40.1 Å². The van der Waals surface area contributed by atoms with E-state index in [2.05, 4.69) is 0 Å². The van der Waals surface area contributed by atoms with Gasteiger partial charge in [0.15, 0.2) is 9.84 Å².